The van der Waals surface area contributed by atoms with Gasteiger partial charge in [-0.25, -0.2) is 0 Å². The van der Waals surface area contributed by atoms with E-state index < -0.39 is 0 Å². The monoisotopic (exact) mass is 449 g/mol. The van der Waals surface area contributed by atoms with Gasteiger partial charge in [-0.1, -0.05) is 18.2 Å². The molecular weight excluding hydrogens is 422 g/mol. The van der Waals surface area contributed by atoms with E-state index in [0.29, 0.717) is 30.2 Å². The van der Waals surface area contributed by atoms with Crippen molar-refractivity contribution in [3.63, 3.8) is 0 Å². The maximum atomic E-state index is 13.4. The lowest BCUT2D eigenvalue weighted by Gasteiger charge is -2.37. The Labute approximate surface area is 193 Å². The number of nitrogens with zero attached hydrogens (tertiary/aromatic N) is 1. The van der Waals surface area contributed by atoms with E-state index in [1.54, 1.807) is 26.0 Å². The normalized spacial score (nSPS) is 15.1. The molecule has 0 fully saturated rings. The van der Waals surface area contributed by atoms with Gasteiger partial charge in [-0.2, -0.15) is 0 Å². The third-order valence-electron chi connectivity index (χ3n) is 5.75. The van der Waals surface area contributed by atoms with E-state index in [-0.39, 0.29) is 11.9 Å². The van der Waals surface area contributed by atoms with Crippen molar-refractivity contribution >= 4 is 17.7 Å². The van der Waals surface area contributed by atoms with Crippen molar-refractivity contribution in [2.75, 3.05) is 33.6 Å². The van der Waals surface area contributed by atoms with Gasteiger partial charge >= 0.3 is 0 Å². The van der Waals surface area contributed by atoms with Crippen LogP contribution in [0.2, 0.25) is 0 Å². The summed E-state index contributed by atoms with van der Waals surface area (Å²) in [6.45, 7) is 0.954. The lowest BCUT2D eigenvalue weighted by Crippen LogP contribution is -2.42. The van der Waals surface area contributed by atoms with Crippen LogP contribution in [-0.2, 0) is 6.42 Å². The zero-order valence-corrected chi connectivity index (χ0v) is 19.4. The van der Waals surface area contributed by atoms with Crippen molar-refractivity contribution in [2.24, 2.45) is 0 Å². The number of hydrogen-bond donors (Lipinski definition) is 0. The van der Waals surface area contributed by atoms with Gasteiger partial charge < -0.3 is 19.1 Å². The Balaban J connectivity index is 1.68. The van der Waals surface area contributed by atoms with Crippen molar-refractivity contribution in [3.8, 4) is 17.2 Å². The van der Waals surface area contributed by atoms with Crippen LogP contribution in [0, 0.1) is 0 Å². The molecule has 4 rings (SSSR count). The third kappa shape index (κ3) is 4.55. The fraction of sp³-hybridized carbons (Fsp3) is 0.269. The number of thioether (sulfide) groups is 1. The van der Waals surface area contributed by atoms with Crippen LogP contribution in [0.5, 0.6) is 17.2 Å². The first-order valence-corrected chi connectivity index (χ1v) is 11.7. The minimum Gasteiger partial charge on any atom is -0.493 e. The van der Waals surface area contributed by atoms with Crippen molar-refractivity contribution in [1.82, 2.24) is 4.90 Å². The van der Waals surface area contributed by atoms with Gasteiger partial charge in [0.25, 0.3) is 5.91 Å². The van der Waals surface area contributed by atoms with Gasteiger partial charge in [0.15, 0.2) is 11.5 Å². The molecule has 1 aliphatic rings. The maximum Gasteiger partial charge on any atom is 0.254 e. The number of methoxy groups -OCH3 is 2. The topological polar surface area (TPSA) is 48.0 Å². The van der Waals surface area contributed by atoms with Crippen LogP contribution in [0.4, 0.5) is 0 Å². The molecule has 1 atom stereocenters. The molecule has 1 unspecified atom stereocenters. The van der Waals surface area contributed by atoms with E-state index in [1.165, 1.54) is 4.90 Å². The molecule has 3 aromatic carbocycles. The lowest BCUT2D eigenvalue weighted by molar-refractivity contribution is 0.0589. The van der Waals surface area contributed by atoms with Crippen LogP contribution in [0.15, 0.2) is 71.6 Å². The van der Waals surface area contributed by atoms with E-state index in [9.17, 15) is 4.79 Å². The second-order valence-electron chi connectivity index (χ2n) is 7.52. The number of hydrogen-bond acceptors (Lipinski definition) is 5. The van der Waals surface area contributed by atoms with Crippen LogP contribution >= 0.6 is 11.8 Å². The molecule has 0 aromatic heterocycles. The summed E-state index contributed by atoms with van der Waals surface area (Å²) in [5.74, 6) is 2.12. The average molecular weight is 450 g/mol. The van der Waals surface area contributed by atoms with Crippen molar-refractivity contribution in [3.05, 3.63) is 83.4 Å². The molecule has 0 radical (unpaired) electrons. The first-order valence-electron chi connectivity index (χ1n) is 10.5. The first kappa shape index (κ1) is 22.1. The maximum absolute atomic E-state index is 13.4. The Morgan fingerprint density at radius 2 is 1.69 bits per heavy atom. The van der Waals surface area contributed by atoms with Gasteiger partial charge in [0.05, 0.1) is 20.3 Å². The Morgan fingerprint density at radius 1 is 1.00 bits per heavy atom. The summed E-state index contributed by atoms with van der Waals surface area (Å²) in [6, 6.07) is 21.1. The summed E-state index contributed by atoms with van der Waals surface area (Å²) in [6.07, 6.45) is 2.79. The predicted molar refractivity (Wildman–Crippen MR) is 127 cm³/mol. The van der Waals surface area contributed by atoms with Crippen LogP contribution in [0.25, 0.3) is 0 Å². The number of rotatable bonds is 7. The number of benzene rings is 3. The van der Waals surface area contributed by atoms with Crippen LogP contribution in [0.1, 0.15) is 27.5 Å². The molecule has 0 saturated carbocycles. The number of carbonyl (C=O) groups is 1. The van der Waals surface area contributed by atoms with E-state index >= 15 is 0 Å². The number of amides is 1. The van der Waals surface area contributed by atoms with Gasteiger partial charge in [-0.05, 0) is 72.3 Å². The molecule has 0 aliphatic carbocycles. The zero-order valence-electron chi connectivity index (χ0n) is 18.5. The summed E-state index contributed by atoms with van der Waals surface area (Å²) in [5.41, 5.74) is 2.84. The van der Waals surface area contributed by atoms with Crippen molar-refractivity contribution in [2.45, 2.75) is 17.4 Å². The van der Waals surface area contributed by atoms with Gasteiger partial charge in [-0.15, -0.1) is 11.8 Å². The molecule has 5 nitrogen and oxygen atoms in total. The first-order chi connectivity index (χ1) is 15.6. The number of carbonyl (C=O) groups excluding carboxylic acids is 1. The predicted octanol–water partition coefficient (Wildman–Crippen LogP) is 5.24. The fourth-order valence-electron chi connectivity index (χ4n) is 4.04. The molecule has 1 heterocycles. The summed E-state index contributed by atoms with van der Waals surface area (Å²) in [7, 11) is 3.26. The molecule has 1 aliphatic heterocycles. The van der Waals surface area contributed by atoms with Crippen molar-refractivity contribution < 1.29 is 19.0 Å². The molecule has 0 bridgehead atoms. The summed E-state index contributed by atoms with van der Waals surface area (Å²) in [5, 5.41) is 0. The van der Waals surface area contributed by atoms with Gasteiger partial charge in [0.2, 0.25) is 0 Å². The molecule has 6 heteroatoms. The third-order valence-corrected chi connectivity index (χ3v) is 6.50. The molecule has 0 N–H and O–H groups in total. The smallest absolute Gasteiger partial charge is 0.254 e. The largest absolute Gasteiger partial charge is 0.493 e. The SMILES string of the molecule is COc1cc2c(cc1OC)C(COc1ccc(SC)cc1)N(C(=O)c1ccccc1)CC2. The summed E-state index contributed by atoms with van der Waals surface area (Å²) in [4.78, 5) is 16.5. The second kappa shape index (κ2) is 10.0. The molecule has 166 valence electrons. The summed E-state index contributed by atoms with van der Waals surface area (Å²) < 4.78 is 17.2. The Kier molecular flexibility index (Phi) is 6.90. The van der Waals surface area contributed by atoms with Crippen LogP contribution < -0.4 is 14.2 Å². The van der Waals surface area contributed by atoms with Crippen LogP contribution in [-0.4, -0.2) is 44.4 Å². The molecule has 3 aromatic rings. The highest BCUT2D eigenvalue weighted by Crippen LogP contribution is 2.39. The summed E-state index contributed by atoms with van der Waals surface area (Å²) >= 11 is 1.69. The highest BCUT2D eigenvalue weighted by molar-refractivity contribution is 7.98. The highest BCUT2D eigenvalue weighted by Gasteiger charge is 2.33. The molecule has 32 heavy (non-hydrogen) atoms. The quantitative estimate of drug-likeness (QED) is 0.462. The van der Waals surface area contributed by atoms with E-state index in [2.05, 4.69) is 0 Å². The lowest BCUT2D eigenvalue weighted by atomic mass is 9.91. The van der Waals surface area contributed by atoms with E-state index in [4.69, 9.17) is 14.2 Å². The number of ether oxygens (including phenoxy) is 3. The Morgan fingerprint density at radius 3 is 2.34 bits per heavy atom. The molecular formula is C26H27NO4S. The highest BCUT2D eigenvalue weighted by atomic mass is 32.2. The van der Waals surface area contributed by atoms with Gasteiger partial charge in [0, 0.05) is 17.0 Å². The van der Waals surface area contributed by atoms with Gasteiger partial charge in [0.1, 0.15) is 12.4 Å². The van der Waals surface area contributed by atoms with E-state index in [0.717, 1.165) is 23.3 Å². The van der Waals surface area contributed by atoms with E-state index in [1.807, 2.05) is 77.9 Å². The minimum absolute atomic E-state index is 0.00244. The zero-order chi connectivity index (χ0) is 22.5. The second-order valence-corrected chi connectivity index (χ2v) is 8.40. The standard InChI is InChI=1S/C26H27NO4S/c1-29-24-15-19-13-14-27(26(28)18-7-5-4-6-8-18)23(22(19)16-25(24)30-2)17-31-20-9-11-21(32-3)12-10-20/h4-12,15-16,23H,13-14,17H2,1-3H3. The average Bonchev–Trinajstić information content (AvgIpc) is 2.86. The molecule has 0 saturated heterocycles. The Hall–Kier alpha value is -3.12. The Bertz CT molecular complexity index is 1070. The number of fused-ring (bicyclic) bond motifs is 1. The van der Waals surface area contributed by atoms with Gasteiger partial charge in [-0.3, -0.25) is 4.79 Å². The molecule has 1 amide bonds. The van der Waals surface area contributed by atoms with Crippen molar-refractivity contribution in [1.29, 1.82) is 0 Å². The minimum atomic E-state index is -0.244. The van der Waals surface area contributed by atoms with Crippen LogP contribution in [0.3, 0.4) is 0 Å². The fourth-order valence-corrected chi connectivity index (χ4v) is 4.45. The molecule has 0 spiro atoms.